The Bertz CT molecular complexity index is 196. The predicted molar refractivity (Wildman–Crippen MR) is 55.2 cm³/mol. The first kappa shape index (κ1) is 9.77. The van der Waals surface area contributed by atoms with Crippen LogP contribution in [0.1, 0.15) is 19.3 Å². The molecule has 0 spiro atoms. The van der Waals surface area contributed by atoms with Crippen LogP contribution in [-0.2, 0) is 0 Å². The van der Waals surface area contributed by atoms with Crippen molar-refractivity contribution in [3.63, 3.8) is 0 Å². The van der Waals surface area contributed by atoms with E-state index in [-0.39, 0.29) is 6.03 Å². The molecule has 1 saturated heterocycles. The van der Waals surface area contributed by atoms with Crippen LogP contribution >= 0.6 is 0 Å². The van der Waals surface area contributed by atoms with Gasteiger partial charge in [-0.05, 0) is 31.7 Å². The Balaban J connectivity index is 1.70. The van der Waals surface area contributed by atoms with Gasteiger partial charge < -0.3 is 15.5 Å². The van der Waals surface area contributed by atoms with Crippen molar-refractivity contribution in [1.29, 1.82) is 0 Å². The molecule has 1 aliphatic heterocycles. The van der Waals surface area contributed by atoms with Crippen molar-refractivity contribution in [3.8, 4) is 0 Å². The lowest BCUT2D eigenvalue weighted by Crippen LogP contribution is -2.42. The van der Waals surface area contributed by atoms with Gasteiger partial charge in [0.25, 0.3) is 0 Å². The Labute approximate surface area is 85.0 Å². The molecular weight excluding hydrogens is 178 g/mol. The number of urea groups is 1. The van der Waals surface area contributed by atoms with Gasteiger partial charge in [0, 0.05) is 26.2 Å². The maximum Gasteiger partial charge on any atom is 0.317 e. The van der Waals surface area contributed by atoms with Crippen molar-refractivity contribution in [2.24, 2.45) is 5.92 Å². The summed E-state index contributed by atoms with van der Waals surface area (Å²) in [5, 5.41) is 6.29. The normalized spacial score (nSPS) is 23.0. The van der Waals surface area contributed by atoms with Crippen LogP contribution in [0.4, 0.5) is 4.79 Å². The summed E-state index contributed by atoms with van der Waals surface area (Å²) in [5.41, 5.74) is 0. The minimum atomic E-state index is 0.126. The third-order valence-electron chi connectivity index (χ3n) is 2.87. The summed E-state index contributed by atoms with van der Waals surface area (Å²) in [6.07, 6.45) is 3.65. The van der Waals surface area contributed by atoms with Gasteiger partial charge in [-0.25, -0.2) is 4.79 Å². The number of hydrogen-bond acceptors (Lipinski definition) is 2. The molecule has 14 heavy (non-hydrogen) atoms. The average molecular weight is 197 g/mol. The second-order valence-electron chi connectivity index (χ2n) is 4.22. The summed E-state index contributed by atoms with van der Waals surface area (Å²) in [6, 6.07) is 0.126. The molecule has 2 aliphatic rings. The van der Waals surface area contributed by atoms with Crippen LogP contribution in [0.3, 0.4) is 0 Å². The number of nitrogens with zero attached hydrogens (tertiary/aromatic N) is 1. The third-order valence-corrected chi connectivity index (χ3v) is 2.87. The molecule has 0 unspecified atom stereocenters. The standard InChI is InChI=1S/C10H19N3O/c14-10(12-8-9-2-3-9)13-6-1-4-11-5-7-13/h9,11H,1-8H2,(H,12,14). The lowest BCUT2D eigenvalue weighted by atomic mass is 10.4. The third kappa shape index (κ3) is 2.87. The van der Waals surface area contributed by atoms with E-state index in [0.29, 0.717) is 0 Å². The van der Waals surface area contributed by atoms with Crippen molar-refractivity contribution >= 4 is 6.03 Å². The molecule has 1 aliphatic carbocycles. The summed E-state index contributed by atoms with van der Waals surface area (Å²) in [4.78, 5) is 13.6. The van der Waals surface area contributed by atoms with E-state index in [1.165, 1.54) is 12.8 Å². The second-order valence-corrected chi connectivity index (χ2v) is 4.22. The van der Waals surface area contributed by atoms with Gasteiger partial charge in [0.2, 0.25) is 0 Å². The van der Waals surface area contributed by atoms with E-state index in [0.717, 1.165) is 45.1 Å². The number of rotatable bonds is 2. The fourth-order valence-corrected chi connectivity index (χ4v) is 1.71. The van der Waals surface area contributed by atoms with Gasteiger partial charge in [-0.1, -0.05) is 0 Å². The average Bonchev–Trinajstić information content (AvgIpc) is 3.01. The fraction of sp³-hybridized carbons (Fsp3) is 0.900. The second kappa shape index (κ2) is 4.64. The topological polar surface area (TPSA) is 44.4 Å². The molecule has 0 atom stereocenters. The molecule has 0 radical (unpaired) electrons. The molecule has 2 fully saturated rings. The van der Waals surface area contributed by atoms with Crippen LogP contribution in [0.5, 0.6) is 0 Å². The summed E-state index contributed by atoms with van der Waals surface area (Å²) in [6.45, 7) is 4.58. The lowest BCUT2D eigenvalue weighted by Gasteiger charge is -2.20. The highest BCUT2D eigenvalue weighted by atomic mass is 16.2. The molecule has 2 N–H and O–H groups in total. The van der Waals surface area contributed by atoms with Crippen molar-refractivity contribution in [3.05, 3.63) is 0 Å². The van der Waals surface area contributed by atoms with Crippen molar-refractivity contribution in [2.45, 2.75) is 19.3 Å². The van der Waals surface area contributed by atoms with E-state index < -0.39 is 0 Å². The summed E-state index contributed by atoms with van der Waals surface area (Å²) < 4.78 is 0. The van der Waals surface area contributed by atoms with Gasteiger partial charge in [0.1, 0.15) is 0 Å². The maximum absolute atomic E-state index is 11.7. The molecule has 0 bridgehead atoms. The van der Waals surface area contributed by atoms with E-state index in [2.05, 4.69) is 10.6 Å². The maximum atomic E-state index is 11.7. The fourth-order valence-electron chi connectivity index (χ4n) is 1.71. The highest BCUT2D eigenvalue weighted by Crippen LogP contribution is 2.27. The van der Waals surface area contributed by atoms with Crippen LogP contribution in [0.2, 0.25) is 0 Å². The minimum absolute atomic E-state index is 0.126. The minimum Gasteiger partial charge on any atom is -0.338 e. The van der Waals surface area contributed by atoms with Crippen LogP contribution in [-0.4, -0.2) is 43.7 Å². The van der Waals surface area contributed by atoms with Gasteiger partial charge in [-0.2, -0.15) is 0 Å². The number of carbonyl (C=O) groups excluding carboxylic acids is 1. The van der Waals surface area contributed by atoms with Gasteiger partial charge >= 0.3 is 6.03 Å². The molecule has 0 aromatic heterocycles. The van der Waals surface area contributed by atoms with E-state index in [4.69, 9.17) is 0 Å². The number of hydrogen-bond donors (Lipinski definition) is 2. The highest BCUT2D eigenvalue weighted by Gasteiger charge is 2.23. The number of amides is 2. The van der Waals surface area contributed by atoms with Gasteiger partial charge in [0.15, 0.2) is 0 Å². The molecule has 2 amide bonds. The Hall–Kier alpha value is -0.770. The van der Waals surface area contributed by atoms with E-state index >= 15 is 0 Å². The number of nitrogens with one attached hydrogen (secondary N) is 2. The first-order chi connectivity index (χ1) is 6.86. The molecule has 4 heteroatoms. The first-order valence-corrected chi connectivity index (χ1v) is 5.60. The van der Waals surface area contributed by atoms with Crippen LogP contribution in [0, 0.1) is 5.92 Å². The Morgan fingerprint density at radius 3 is 3.00 bits per heavy atom. The summed E-state index contributed by atoms with van der Waals surface area (Å²) >= 11 is 0. The predicted octanol–water partition coefficient (Wildman–Crippen LogP) is 0.401. The monoisotopic (exact) mass is 197 g/mol. The largest absolute Gasteiger partial charge is 0.338 e. The smallest absolute Gasteiger partial charge is 0.317 e. The Kier molecular flexibility index (Phi) is 3.24. The van der Waals surface area contributed by atoms with Gasteiger partial charge in [0.05, 0.1) is 0 Å². The van der Waals surface area contributed by atoms with E-state index in [1.807, 2.05) is 4.90 Å². The zero-order valence-electron chi connectivity index (χ0n) is 8.59. The molecule has 0 aromatic carbocycles. The van der Waals surface area contributed by atoms with Crippen molar-refractivity contribution < 1.29 is 4.79 Å². The Morgan fingerprint density at radius 1 is 1.36 bits per heavy atom. The molecule has 1 heterocycles. The summed E-state index contributed by atoms with van der Waals surface area (Å²) in [5.74, 6) is 0.768. The molecule has 0 aromatic rings. The van der Waals surface area contributed by atoms with Crippen molar-refractivity contribution in [1.82, 2.24) is 15.5 Å². The van der Waals surface area contributed by atoms with Crippen LogP contribution in [0.15, 0.2) is 0 Å². The molecule has 2 rings (SSSR count). The first-order valence-electron chi connectivity index (χ1n) is 5.60. The zero-order valence-corrected chi connectivity index (χ0v) is 8.59. The highest BCUT2D eigenvalue weighted by molar-refractivity contribution is 5.74. The van der Waals surface area contributed by atoms with E-state index in [1.54, 1.807) is 0 Å². The number of carbonyl (C=O) groups is 1. The molecular formula is C10H19N3O. The summed E-state index contributed by atoms with van der Waals surface area (Å²) in [7, 11) is 0. The zero-order chi connectivity index (χ0) is 9.80. The lowest BCUT2D eigenvalue weighted by molar-refractivity contribution is 0.201. The molecule has 4 nitrogen and oxygen atoms in total. The molecule has 1 saturated carbocycles. The van der Waals surface area contributed by atoms with Crippen molar-refractivity contribution in [2.75, 3.05) is 32.7 Å². The van der Waals surface area contributed by atoms with Gasteiger partial charge in [-0.3, -0.25) is 0 Å². The van der Waals surface area contributed by atoms with Crippen LogP contribution in [0.25, 0.3) is 0 Å². The molecule has 80 valence electrons. The van der Waals surface area contributed by atoms with Crippen LogP contribution < -0.4 is 10.6 Å². The quantitative estimate of drug-likeness (QED) is 0.673. The Morgan fingerprint density at radius 2 is 2.21 bits per heavy atom. The SMILES string of the molecule is O=C(NCC1CC1)N1CCCNCC1. The van der Waals surface area contributed by atoms with Gasteiger partial charge in [-0.15, -0.1) is 0 Å². The van der Waals surface area contributed by atoms with E-state index in [9.17, 15) is 4.79 Å².